The van der Waals surface area contributed by atoms with E-state index in [1.165, 1.54) is 12.1 Å². The lowest BCUT2D eigenvalue weighted by atomic mass is 9.98. The summed E-state index contributed by atoms with van der Waals surface area (Å²) in [6.45, 7) is 3.50. The van der Waals surface area contributed by atoms with Crippen molar-refractivity contribution in [1.29, 1.82) is 0 Å². The molecule has 0 saturated carbocycles. The molecular formula is C13H17FN2O. The van der Waals surface area contributed by atoms with Gasteiger partial charge >= 0.3 is 0 Å². The largest absolute Gasteiger partial charge is 0.326 e. The molecule has 0 aromatic heterocycles. The van der Waals surface area contributed by atoms with Crippen LogP contribution >= 0.6 is 0 Å². The van der Waals surface area contributed by atoms with Gasteiger partial charge in [-0.15, -0.1) is 0 Å². The summed E-state index contributed by atoms with van der Waals surface area (Å²) < 4.78 is 12.9. The zero-order chi connectivity index (χ0) is 12.3. The Morgan fingerprint density at radius 1 is 1.53 bits per heavy atom. The van der Waals surface area contributed by atoms with E-state index in [0.717, 1.165) is 31.5 Å². The van der Waals surface area contributed by atoms with Crippen molar-refractivity contribution >= 4 is 11.6 Å². The fourth-order valence-electron chi connectivity index (χ4n) is 2.08. The van der Waals surface area contributed by atoms with Gasteiger partial charge in [-0.05, 0) is 50.1 Å². The van der Waals surface area contributed by atoms with Gasteiger partial charge in [0.1, 0.15) is 5.82 Å². The molecule has 1 aliphatic heterocycles. The third-order valence-electron chi connectivity index (χ3n) is 3.11. The van der Waals surface area contributed by atoms with Gasteiger partial charge in [-0.3, -0.25) is 4.79 Å². The quantitative estimate of drug-likeness (QED) is 0.825. The van der Waals surface area contributed by atoms with Gasteiger partial charge in [-0.1, -0.05) is 0 Å². The number of carbonyl (C=O) groups is 1. The minimum absolute atomic E-state index is 0.0203. The van der Waals surface area contributed by atoms with E-state index in [0.29, 0.717) is 5.69 Å². The molecule has 0 aliphatic carbocycles. The van der Waals surface area contributed by atoms with E-state index in [2.05, 4.69) is 10.6 Å². The van der Waals surface area contributed by atoms with Crippen molar-refractivity contribution in [3.63, 3.8) is 0 Å². The molecule has 0 bridgehead atoms. The van der Waals surface area contributed by atoms with Crippen molar-refractivity contribution in [2.75, 3.05) is 18.4 Å². The number of amides is 1. The van der Waals surface area contributed by atoms with E-state index >= 15 is 0 Å². The Hall–Kier alpha value is -1.42. The maximum atomic E-state index is 12.9. The molecule has 0 radical (unpaired) electrons. The number of piperidine rings is 1. The molecule has 2 rings (SSSR count). The van der Waals surface area contributed by atoms with Gasteiger partial charge in [0.2, 0.25) is 5.91 Å². The van der Waals surface area contributed by atoms with Gasteiger partial charge in [0.25, 0.3) is 0 Å². The first-order valence-electron chi connectivity index (χ1n) is 5.94. The molecule has 2 N–H and O–H groups in total. The first-order chi connectivity index (χ1) is 8.16. The van der Waals surface area contributed by atoms with Crippen LogP contribution in [-0.2, 0) is 4.79 Å². The molecule has 1 aromatic rings. The van der Waals surface area contributed by atoms with Crippen molar-refractivity contribution in [2.24, 2.45) is 5.92 Å². The topological polar surface area (TPSA) is 41.1 Å². The first kappa shape index (κ1) is 12.0. The number of nitrogens with one attached hydrogen (secondary N) is 2. The highest BCUT2D eigenvalue weighted by Gasteiger charge is 2.21. The summed E-state index contributed by atoms with van der Waals surface area (Å²) in [7, 11) is 0. The Morgan fingerprint density at radius 3 is 3.00 bits per heavy atom. The molecule has 1 aliphatic rings. The fraction of sp³-hybridized carbons (Fsp3) is 0.462. The van der Waals surface area contributed by atoms with E-state index in [9.17, 15) is 9.18 Å². The summed E-state index contributed by atoms with van der Waals surface area (Å²) in [6, 6.07) is 4.40. The Morgan fingerprint density at radius 2 is 2.35 bits per heavy atom. The van der Waals surface area contributed by atoms with Crippen LogP contribution in [0.25, 0.3) is 0 Å². The summed E-state index contributed by atoms with van der Waals surface area (Å²) in [5.41, 5.74) is 1.45. The predicted octanol–water partition coefficient (Wildman–Crippen LogP) is 2.07. The fourth-order valence-corrected chi connectivity index (χ4v) is 2.08. The molecule has 3 nitrogen and oxygen atoms in total. The number of benzene rings is 1. The molecule has 17 heavy (non-hydrogen) atoms. The summed E-state index contributed by atoms with van der Waals surface area (Å²) in [4.78, 5) is 12.0. The smallest absolute Gasteiger partial charge is 0.228 e. The number of rotatable bonds is 2. The Balaban J connectivity index is 2.02. The SMILES string of the molecule is Cc1cc(F)ccc1NC(=O)[C@@H]1CCCNC1. The van der Waals surface area contributed by atoms with E-state index in [4.69, 9.17) is 0 Å². The number of aryl methyl sites for hydroxylation is 1. The maximum absolute atomic E-state index is 12.9. The van der Waals surface area contributed by atoms with Gasteiger partial charge in [-0.2, -0.15) is 0 Å². The van der Waals surface area contributed by atoms with E-state index < -0.39 is 0 Å². The molecule has 1 amide bonds. The summed E-state index contributed by atoms with van der Waals surface area (Å²) in [5, 5.41) is 6.07. The van der Waals surface area contributed by atoms with Crippen molar-refractivity contribution < 1.29 is 9.18 Å². The number of halogens is 1. The van der Waals surface area contributed by atoms with Crippen LogP contribution in [0.5, 0.6) is 0 Å². The summed E-state index contributed by atoms with van der Waals surface area (Å²) in [6.07, 6.45) is 1.94. The van der Waals surface area contributed by atoms with Crippen molar-refractivity contribution in [3.05, 3.63) is 29.6 Å². The Labute approximate surface area is 100 Å². The molecule has 0 spiro atoms. The summed E-state index contributed by atoms with van der Waals surface area (Å²) in [5.74, 6) is -0.236. The summed E-state index contributed by atoms with van der Waals surface area (Å²) >= 11 is 0. The van der Waals surface area contributed by atoms with E-state index in [-0.39, 0.29) is 17.6 Å². The molecule has 1 atom stereocenters. The number of anilines is 1. The molecule has 1 fully saturated rings. The highest BCUT2D eigenvalue weighted by molar-refractivity contribution is 5.93. The van der Waals surface area contributed by atoms with E-state index in [1.807, 2.05) is 0 Å². The lowest BCUT2D eigenvalue weighted by Crippen LogP contribution is -2.37. The average Bonchev–Trinajstić information content (AvgIpc) is 2.34. The van der Waals surface area contributed by atoms with Gasteiger partial charge in [-0.25, -0.2) is 4.39 Å². The molecule has 0 unspecified atom stereocenters. The van der Waals surface area contributed by atoms with Crippen LogP contribution in [0, 0.1) is 18.7 Å². The molecule has 4 heteroatoms. The number of hydrogen-bond donors (Lipinski definition) is 2. The highest BCUT2D eigenvalue weighted by atomic mass is 19.1. The molecule has 1 aromatic carbocycles. The normalized spacial score (nSPS) is 20.0. The van der Waals surface area contributed by atoms with Gasteiger partial charge < -0.3 is 10.6 Å². The van der Waals surface area contributed by atoms with Gasteiger partial charge in [0.15, 0.2) is 0 Å². The highest BCUT2D eigenvalue weighted by Crippen LogP contribution is 2.18. The lowest BCUT2D eigenvalue weighted by Gasteiger charge is -2.22. The number of hydrogen-bond acceptors (Lipinski definition) is 2. The van der Waals surface area contributed by atoms with Crippen molar-refractivity contribution in [3.8, 4) is 0 Å². The molecular weight excluding hydrogens is 219 g/mol. The van der Waals surface area contributed by atoms with Crippen LogP contribution in [-0.4, -0.2) is 19.0 Å². The third kappa shape index (κ3) is 3.03. The maximum Gasteiger partial charge on any atom is 0.228 e. The monoisotopic (exact) mass is 236 g/mol. The third-order valence-corrected chi connectivity index (χ3v) is 3.11. The molecule has 92 valence electrons. The van der Waals surface area contributed by atoms with Crippen LogP contribution < -0.4 is 10.6 Å². The van der Waals surface area contributed by atoms with Crippen molar-refractivity contribution in [1.82, 2.24) is 5.32 Å². The van der Waals surface area contributed by atoms with Crippen LogP contribution in [0.4, 0.5) is 10.1 Å². The lowest BCUT2D eigenvalue weighted by molar-refractivity contribution is -0.120. The second-order valence-electron chi connectivity index (χ2n) is 4.49. The van der Waals surface area contributed by atoms with Crippen LogP contribution in [0.2, 0.25) is 0 Å². The first-order valence-corrected chi connectivity index (χ1v) is 5.94. The Kier molecular flexibility index (Phi) is 3.74. The predicted molar refractivity (Wildman–Crippen MR) is 65.4 cm³/mol. The molecule has 1 saturated heterocycles. The minimum Gasteiger partial charge on any atom is -0.326 e. The Bertz CT molecular complexity index is 414. The minimum atomic E-state index is -0.278. The van der Waals surface area contributed by atoms with E-state index in [1.54, 1.807) is 13.0 Å². The van der Waals surface area contributed by atoms with Gasteiger partial charge in [0, 0.05) is 12.2 Å². The molecule has 1 heterocycles. The van der Waals surface area contributed by atoms with Crippen molar-refractivity contribution in [2.45, 2.75) is 19.8 Å². The van der Waals surface area contributed by atoms with Crippen LogP contribution in [0.3, 0.4) is 0 Å². The van der Waals surface area contributed by atoms with Crippen LogP contribution in [0.15, 0.2) is 18.2 Å². The number of carbonyl (C=O) groups excluding carboxylic acids is 1. The zero-order valence-electron chi connectivity index (χ0n) is 9.92. The second-order valence-corrected chi connectivity index (χ2v) is 4.49. The van der Waals surface area contributed by atoms with Crippen LogP contribution in [0.1, 0.15) is 18.4 Å². The standard InChI is InChI=1S/C13H17FN2O/c1-9-7-11(14)4-5-12(9)16-13(17)10-3-2-6-15-8-10/h4-5,7,10,15H,2-3,6,8H2,1H3,(H,16,17)/t10-/m1/s1. The second kappa shape index (κ2) is 5.27. The van der Waals surface area contributed by atoms with Gasteiger partial charge in [0.05, 0.1) is 5.92 Å². The average molecular weight is 236 g/mol. The zero-order valence-corrected chi connectivity index (χ0v) is 9.92.